The van der Waals surface area contributed by atoms with Crippen molar-refractivity contribution in [3.63, 3.8) is 0 Å². The van der Waals surface area contributed by atoms with Gasteiger partial charge < -0.3 is 25.0 Å². The molecule has 0 aromatic carbocycles. The van der Waals surface area contributed by atoms with Crippen LogP contribution in [0.25, 0.3) is 0 Å². The van der Waals surface area contributed by atoms with Gasteiger partial charge in [-0.3, -0.25) is 0 Å². The number of carbonyl (C=O) groups excluding carboxylic acids is 1. The van der Waals surface area contributed by atoms with E-state index in [1.165, 1.54) is 0 Å². The maximum absolute atomic E-state index is 11.7. The van der Waals surface area contributed by atoms with Crippen LogP contribution in [0.1, 0.15) is 19.8 Å². The normalized spacial score (nSPS) is 22.7. The molecule has 21 heavy (non-hydrogen) atoms. The molecular weight excluding hydrogens is 276 g/mol. The number of carboxylic acid groups (broad SMARTS) is 1. The number of hydrogen-bond acceptors (Lipinski definition) is 4. The first kappa shape index (κ1) is 15.3. The maximum atomic E-state index is 11.7. The van der Waals surface area contributed by atoms with Crippen LogP contribution in [0.4, 0.5) is 4.79 Å². The Labute approximate surface area is 122 Å². The topological polar surface area (TPSA) is 105 Å². The van der Waals surface area contributed by atoms with Crippen LogP contribution < -0.4 is 10.6 Å². The van der Waals surface area contributed by atoms with E-state index in [0.29, 0.717) is 25.9 Å². The van der Waals surface area contributed by atoms with Crippen molar-refractivity contribution in [2.24, 2.45) is 0 Å². The number of amides is 2. The van der Waals surface area contributed by atoms with Crippen LogP contribution in [0.3, 0.4) is 0 Å². The third kappa shape index (κ3) is 4.75. The minimum Gasteiger partial charge on any atom is -0.479 e. The highest BCUT2D eigenvalue weighted by Crippen LogP contribution is 2.19. The second-order valence-corrected chi connectivity index (χ2v) is 5.18. The summed E-state index contributed by atoms with van der Waals surface area (Å²) in [7, 11) is 0. The van der Waals surface area contributed by atoms with E-state index in [4.69, 9.17) is 9.84 Å². The molecule has 1 aromatic rings. The second-order valence-electron chi connectivity index (χ2n) is 5.18. The molecule has 0 aliphatic carbocycles. The molecule has 1 aliphatic heterocycles. The summed E-state index contributed by atoms with van der Waals surface area (Å²) in [5.74, 6) is -0.948. The number of nitrogens with zero attached hydrogens (tertiary/aromatic N) is 2. The van der Waals surface area contributed by atoms with E-state index in [0.717, 1.165) is 0 Å². The quantitative estimate of drug-likeness (QED) is 0.695. The molecule has 3 atom stereocenters. The summed E-state index contributed by atoms with van der Waals surface area (Å²) < 4.78 is 7.19. The van der Waals surface area contributed by atoms with Crippen molar-refractivity contribution in [2.45, 2.75) is 44.6 Å². The molecule has 1 fully saturated rings. The van der Waals surface area contributed by atoms with E-state index >= 15 is 0 Å². The van der Waals surface area contributed by atoms with Gasteiger partial charge in [0.2, 0.25) is 0 Å². The van der Waals surface area contributed by atoms with Crippen LogP contribution in [0.2, 0.25) is 0 Å². The van der Waals surface area contributed by atoms with Gasteiger partial charge in [0.1, 0.15) is 0 Å². The van der Waals surface area contributed by atoms with E-state index < -0.39 is 12.1 Å². The minimum atomic E-state index is -0.948. The smallest absolute Gasteiger partial charge is 0.332 e. The van der Waals surface area contributed by atoms with Gasteiger partial charge in [0, 0.05) is 31.5 Å². The molecule has 0 bridgehead atoms. The standard InChI is InChI=1S/C13H20N4O4/c1-9(7-17-5-4-14-8-17)16-13(20)15-6-10-2-3-11(21-10)12(18)19/h4-5,8-11H,2-3,6-7H2,1H3,(H,18,19)(H2,15,16,20). The van der Waals surface area contributed by atoms with Crippen molar-refractivity contribution in [2.75, 3.05) is 6.54 Å². The number of hydrogen-bond donors (Lipinski definition) is 3. The highest BCUT2D eigenvalue weighted by Gasteiger charge is 2.30. The second kappa shape index (κ2) is 7.07. The number of carboxylic acids is 1. The number of aliphatic carboxylic acids is 1. The van der Waals surface area contributed by atoms with Crippen molar-refractivity contribution >= 4 is 12.0 Å². The van der Waals surface area contributed by atoms with Crippen LogP contribution in [0.15, 0.2) is 18.7 Å². The van der Waals surface area contributed by atoms with Gasteiger partial charge in [0.15, 0.2) is 6.10 Å². The van der Waals surface area contributed by atoms with Crippen LogP contribution in [-0.2, 0) is 16.1 Å². The Hall–Kier alpha value is -2.09. The number of urea groups is 1. The lowest BCUT2D eigenvalue weighted by molar-refractivity contribution is -0.149. The molecule has 1 aliphatic rings. The van der Waals surface area contributed by atoms with Gasteiger partial charge in [-0.2, -0.15) is 0 Å². The third-order valence-electron chi connectivity index (χ3n) is 3.29. The van der Waals surface area contributed by atoms with E-state index in [1.54, 1.807) is 12.5 Å². The zero-order valence-corrected chi connectivity index (χ0v) is 11.9. The number of carbonyl (C=O) groups is 2. The zero-order chi connectivity index (χ0) is 15.2. The number of aromatic nitrogens is 2. The highest BCUT2D eigenvalue weighted by atomic mass is 16.5. The van der Waals surface area contributed by atoms with Gasteiger partial charge in [-0.1, -0.05) is 0 Å². The monoisotopic (exact) mass is 296 g/mol. The zero-order valence-electron chi connectivity index (χ0n) is 11.9. The van der Waals surface area contributed by atoms with Crippen LogP contribution in [0.5, 0.6) is 0 Å². The van der Waals surface area contributed by atoms with Crippen molar-refractivity contribution in [1.82, 2.24) is 20.2 Å². The fourth-order valence-electron chi connectivity index (χ4n) is 2.28. The number of nitrogens with one attached hydrogen (secondary N) is 2. The molecule has 3 unspecified atom stereocenters. The Morgan fingerprint density at radius 3 is 2.95 bits per heavy atom. The average Bonchev–Trinajstić information content (AvgIpc) is 3.06. The van der Waals surface area contributed by atoms with E-state index in [-0.39, 0.29) is 18.2 Å². The molecule has 8 nitrogen and oxygen atoms in total. The van der Waals surface area contributed by atoms with Crippen LogP contribution >= 0.6 is 0 Å². The lowest BCUT2D eigenvalue weighted by Crippen LogP contribution is -2.44. The summed E-state index contributed by atoms with van der Waals surface area (Å²) in [5.41, 5.74) is 0. The SMILES string of the molecule is CC(Cn1ccnc1)NC(=O)NCC1CCC(C(=O)O)O1. The lowest BCUT2D eigenvalue weighted by Gasteiger charge is -2.17. The Morgan fingerprint density at radius 1 is 1.52 bits per heavy atom. The molecule has 2 amide bonds. The predicted molar refractivity (Wildman–Crippen MR) is 73.8 cm³/mol. The Kier molecular flexibility index (Phi) is 5.15. The summed E-state index contributed by atoms with van der Waals surface area (Å²) in [6, 6.07) is -0.333. The number of rotatable bonds is 6. The molecule has 2 heterocycles. The first-order chi connectivity index (χ1) is 10.0. The van der Waals surface area contributed by atoms with Crippen molar-refractivity contribution < 1.29 is 19.4 Å². The maximum Gasteiger partial charge on any atom is 0.332 e. The van der Waals surface area contributed by atoms with Gasteiger partial charge >= 0.3 is 12.0 Å². The summed E-state index contributed by atoms with van der Waals surface area (Å²) in [6.07, 6.45) is 5.34. The molecular formula is C13H20N4O4. The first-order valence-electron chi connectivity index (χ1n) is 6.93. The highest BCUT2D eigenvalue weighted by molar-refractivity contribution is 5.74. The summed E-state index contributed by atoms with van der Waals surface area (Å²) in [5, 5.41) is 14.3. The van der Waals surface area contributed by atoms with E-state index in [9.17, 15) is 9.59 Å². The van der Waals surface area contributed by atoms with Gasteiger partial charge in [-0.05, 0) is 19.8 Å². The summed E-state index contributed by atoms with van der Waals surface area (Å²) >= 11 is 0. The molecule has 8 heteroatoms. The first-order valence-corrected chi connectivity index (χ1v) is 6.93. The van der Waals surface area contributed by atoms with E-state index in [1.807, 2.05) is 17.7 Å². The lowest BCUT2D eigenvalue weighted by atomic mass is 10.2. The molecule has 0 radical (unpaired) electrons. The Bertz CT molecular complexity index is 477. The summed E-state index contributed by atoms with van der Waals surface area (Å²) in [6.45, 7) is 2.84. The Morgan fingerprint density at radius 2 is 2.33 bits per heavy atom. The third-order valence-corrected chi connectivity index (χ3v) is 3.29. The summed E-state index contributed by atoms with van der Waals surface area (Å²) in [4.78, 5) is 26.4. The minimum absolute atomic E-state index is 0.0459. The molecule has 2 rings (SSSR count). The largest absolute Gasteiger partial charge is 0.479 e. The van der Waals surface area contributed by atoms with Gasteiger partial charge in [0.25, 0.3) is 0 Å². The van der Waals surface area contributed by atoms with Crippen LogP contribution in [-0.4, -0.2) is 51.5 Å². The van der Waals surface area contributed by atoms with Crippen molar-refractivity contribution in [3.05, 3.63) is 18.7 Å². The van der Waals surface area contributed by atoms with Crippen LogP contribution in [0, 0.1) is 0 Å². The molecule has 0 saturated carbocycles. The fraction of sp³-hybridized carbons (Fsp3) is 0.615. The average molecular weight is 296 g/mol. The van der Waals surface area contributed by atoms with E-state index in [2.05, 4.69) is 15.6 Å². The molecule has 116 valence electrons. The molecule has 1 saturated heterocycles. The molecule has 0 spiro atoms. The predicted octanol–water partition coefficient (Wildman–Crippen LogP) is 0.203. The van der Waals surface area contributed by atoms with Gasteiger partial charge in [0.05, 0.1) is 12.4 Å². The molecule has 3 N–H and O–H groups in total. The Balaban J connectivity index is 1.64. The fourth-order valence-corrected chi connectivity index (χ4v) is 2.28. The van der Waals surface area contributed by atoms with Gasteiger partial charge in [-0.15, -0.1) is 0 Å². The van der Waals surface area contributed by atoms with Gasteiger partial charge in [-0.25, -0.2) is 14.6 Å². The number of imidazole rings is 1. The van der Waals surface area contributed by atoms with Crippen molar-refractivity contribution in [3.8, 4) is 0 Å². The molecule has 1 aromatic heterocycles. The number of ether oxygens (including phenoxy) is 1. The van der Waals surface area contributed by atoms with Crippen molar-refractivity contribution in [1.29, 1.82) is 0 Å².